The molecule has 3 rings (SSSR count). The van der Waals surface area contributed by atoms with Crippen LogP contribution in [0.25, 0.3) is 22.3 Å². The van der Waals surface area contributed by atoms with E-state index in [1.807, 2.05) is 58.2 Å². The van der Waals surface area contributed by atoms with Gasteiger partial charge in [-0.2, -0.15) is 5.10 Å². The van der Waals surface area contributed by atoms with Crippen molar-refractivity contribution < 1.29 is 14.7 Å². The number of pyridine rings is 1. The lowest BCUT2D eigenvalue weighted by atomic mass is 10.0. The van der Waals surface area contributed by atoms with Crippen molar-refractivity contribution in [3.63, 3.8) is 0 Å². The first-order valence-corrected chi connectivity index (χ1v) is 9.68. The van der Waals surface area contributed by atoms with E-state index in [4.69, 9.17) is 10.1 Å². The molecule has 0 fully saturated rings. The zero-order valence-electron chi connectivity index (χ0n) is 17.2. The number of benzene rings is 1. The number of hydrogen-bond donors (Lipinski definition) is 1. The van der Waals surface area contributed by atoms with Gasteiger partial charge in [-0.25, -0.2) is 4.98 Å². The van der Waals surface area contributed by atoms with E-state index in [2.05, 4.69) is 5.10 Å². The van der Waals surface area contributed by atoms with Gasteiger partial charge in [-0.3, -0.25) is 14.3 Å². The predicted molar refractivity (Wildman–Crippen MR) is 112 cm³/mol. The number of nitrogens with zero attached hydrogens (tertiary/aromatic N) is 4. The van der Waals surface area contributed by atoms with Crippen molar-refractivity contribution in [3.8, 4) is 11.3 Å². The molecule has 152 valence electrons. The van der Waals surface area contributed by atoms with Gasteiger partial charge in [0.15, 0.2) is 5.65 Å². The topological polar surface area (TPSA) is 88.3 Å². The van der Waals surface area contributed by atoms with Crippen LogP contribution >= 0.6 is 0 Å². The Bertz CT molecular complexity index is 1040. The maximum atomic E-state index is 13.5. The van der Waals surface area contributed by atoms with Gasteiger partial charge in [-0.1, -0.05) is 44.2 Å². The fraction of sp³-hybridized carbons (Fsp3) is 0.364. The first-order chi connectivity index (χ1) is 13.8. The fourth-order valence-electron chi connectivity index (χ4n) is 3.49. The Labute approximate surface area is 170 Å². The molecule has 1 amide bonds. The summed E-state index contributed by atoms with van der Waals surface area (Å²) in [5, 5.41) is 14.3. The maximum absolute atomic E-state index is 13.5. The molecule has 0 spiro atoms. The molecule has 7 nitrogen and oxygen atoms in total. The smallest absolute Gasteiger partial charge is 0.305 e. The third-order valence-electron chi connectivity index (χ3n) is 4.74. The normalized spacial score (nSPS) is 11.2. The average molecular weight is 394 g/mol. The molecule has 29 heavy (non-hydrogen) atoms. The van der Waals surface area contributed by atoms with Gasteiger partial charge in [0.2, 0.25) is 0 Å². The molecule has 2 heterocycles. The lowest BCUT2D eigenvalue weighted by Crippen LogP contribution is -2.36. The van der Waals surface area contributed by atoms with Crippen molar-refractivity contribution in [1.29, 1.82) is 0 Å². The van der Waals surface area contributed by atoms with Crippen molar-refractivity contribution in [2.45, 2.75) is 27.2 Å². The minimum Gasteiger partial charge on any atom is -0.481 e. The number of aromatic nitrogens is 3. The highest BCUT2D eigenvalue weighted by Crippen LogP contribution is 2.28. The lowest BCUT2D eigenvalue weighted by molar-refractivity contribution is -0.137. The summed E-state index contributed by atoms with van der Waals surface area (Å²) in [5.74, 6) is -0.900. The molecule has 1 N–H and O–H groups in total. The molecule has 3 aromatic rings. The van der Waals surface area contributed by atoms with Gasteiger partial charge in [-0.05, 0) is 18.9 Å². The summed E-state index contributed by atoms with van der Waals surface area (Å²) in [6.07, 6.45) is -0.0930. The van der Waals surface area contributed by atoms with E-state index < -0.39 is 5.97 Å². The van der Waals surface area contributed by atoms with Gasteiger partial charge in [0.05, 0.1) is 28.8 Å². The quantitative estimate of drug-likeness (QED) is 0.662. The monoisotopic (exact) mass is 394 g/mol. The molecule has 0 bridgehead atoms. The Kier molecular flexibility index (Phi) is 5.96. The fourth-order valence-corrected chi connectivity index (χ4v) is 3.49. The molecule has 1 aromatic carbocycles. The summed E-state index contributed by atoms with van der Waals surface area (Å²) in [7, 11) is 1.81. The number of rotatable bonds is 7. The molecule has 0 aliphatic rings. The predicted octanol–water partition coefficient (Wildman–Crippen LogP) is 3.52. The molecule has 0 atom stereocenters. The zero-order valence-corrected chi connectivity index (χ0v) is 17.2. The summed E-state index contributed by atoms with van der Waals surface area (Å²) in [6.45, 7) is 6.51. The summed E-state index contributed by atoms with van der Waals surface area (Å²) >= 11 is 0. The second-order valence-corrected chi connectivity index (χ2v) is 7.62. The van der Waals surface area contributed by atoms with Crippen LogP contribution in [0.3, 0.4) is 0 Å². The molecule has 0 saturated carbocycles. The highest BCUT2D eigenvalue weighted by atomic mass is 16.4. The van der Waals surface area contributed by atoms with Crippen LogP contribution in [0.5, 0.6) is 0 Å². The second kappa shape index (κ2) is 8.43. The van der Waals surface area contributed by atoms with Crippen molar-refractivity contribution in [1.82, 2.24) is 19.7 Å². The van der Waals surface area contributed by atoms with Crippen molar-refractivity contribution in [2.24, 2.45) is 13.0 Å². The van der Waals surface area contributed by atoms with E-state index in [0.717, 1.165) is 11.3 Å². The van der Waals surface area contributed by atoms with E-state index in [1.165, 1.54) is 0 Å². The number of carbonyl (C=O) groups is 2. The number of carbonyl (C=O) groups excluding carboxylic acids is 1. The second-order valence-electron chi connectivity index (χ2n) is 7.62. The van der Waals surface area contributed by atoms with Crippen LogP contribution in [-0.4, -0.2) is 49.7 Å². The standard InChI is InChI=1S/C22H26N4O3/c1-14(2)13-26(11-10-19(27)28)22(29)17-12-18(16-8-6-5-7-9-16)23-21-20(17)15(3)24-25(21)4/h5-9,12,14H,10-11,13H2,1-4H3,(H,27,28). The van der Waals surface area contributed by atoms with Crippen LogP contribution in [0, 0.1) is 12.8 Å². The Morgan fingerprint density at radius 1 is 1.21 bits per heavy atom. The summed E-state index contributed by atoms with van der Waals surface area (Å²) in [6, 6.07) is 11.5. The first kappa shape index (κ1) is 20.5. The number of carboxylic acids is 1. The number of aliphatic carboxylic acids is 1. The van der Waals surface area contributed by atoms with Crippen LogP contribution < -0.4 is 0 Å². The summed E-state index contributed by atoms with van der Waals surface area (Å²) in [4.78, 5) is 31.0. The Hall–Kier alpha value is -3.22. The van der Waals surface area contributed by atoms with Crippen LogP contribution in [0.2, 0.25) is 0 Å². The zero-order chi connectivity index (χ0) is 21.1. The summed E-state index contributed by atoms with van der Waals surface area (Å²) in [5.41, 5.74) is 3.46. The SMILES string of the molecule is Cc1nn(C)c2nc(-c3ccccc3)cc(C(=O)N(CCC(=O)O)CC(C)C)c12. The minimum absolute atomic E-state index is 0.0930. The van der Waals surface area contributed by atoms with E-state index in [0.29, 0.717) is 28.8 Å². The molecule has 7 heteroatoms. The molecular formula is C22H26N4O3. The highest BCUT2D eigenvalue weighted by molar-refractivity contribution is 6.07. The molecule has 2 aromatic heterocycles. The maximum Gasteiger partial charge on any atom is 0.305 e. The van der Waals surface area contributed by atoms with Gasteiger partial charge in [0.1, 0.15) is 0 Å². The van der Waals surface area contributed by atoms with Crippen LogP contribution in [0.4, 0.5) is 0 Å². The Morgan fingerprint density at radius 2 is 1.90 bits per heavy atom. The van der Waals surface area contributed by atoms with Gasteiger partial charge in [-0.15, -0.1) is 0 Å². The molecule has 0 unspecified atom stereocenters. The van der Waals surface area contributed by atoms with E-state index in [-0.39, 0.29) is 24.8 Å². The van der Waals surface area contributed by atoms with E-state index >= 15 is 0 Å². The van der Waals surface area contributed by atoms with Gasteiger partial charge in [0, 0.05) is 25.7 Å². The van der Waals surface area contributed by atoms with E-state index in [1.54, 1.807) is 15.6 Å². The Balaban J connectivity index is 2.14. The molecular weight excluding hydrogens is 368 g/mol. The van der Waals surface area contributed by atoms with Gasteiger partial charge >= 0.3 is 5.97 Å². The number of fused-ring (bicyclic) bond motifs is 1. The molecule has 0 aliphatic heterocycles. The highest BCUT2D eigenvalue weighted by Gasteiger charge is 2.24. The van der Waals surface area contributed by atoms with Crippen molar-refractivity contribution in [2.75, 3.05) is 13.1 Å². The van der Waals surface area contributed by atoms with Crippen LogP contribution in [0.1, 0.15) is 36.3 Å². The van der Waals surface area contributed by atoms with Crippen molar-refractivity contribution >= 4 is 22.9 Å². The third-order valence-corrected chi connectivity index (χ3v) is 4.74. The molecule has 0 radical (unpaired) electrons. The van der Waals surface area contributed by atoms with Gasteiger partial charge in [0.25, 0.3) is 5.91 Å². The lowest BCUT2D eigenvalue weighted by Gasteiger charge is -2.24. The minimum atomic E-state index is -0.922. The number of hydrogen-bond acceptors (Lipinski definition) is 4. The number of carboxylic acid groups (broad SMARTS) is 1. The largest absolute Gasteiger partial charge is 0.481 e. The average Bonchev–Trinajstić information content (AvgIpc) is 2.98. The summed E-state index contributed by atoms with van der Waals surface area (Å²) < 4.78 is 1.68. The molecule has 0 aliphatic carbocycles. The number of aryl methyl sites for hydroxylation is 2. The van der Waals surface area contributed by atoms with Gasteiger partial charge < -0.3 is 10.0 Å². The molecule has 0 saturated heterocycles. The first-order valence-electron chi connectivity index (χ1n) is 9.68. The van der Waals surface area contributed by atoms with Crippen molar-refractivity contribution in [3.05, 3.63) is 47.7 Å². The van der Waals surface area contributed by atoms with Crippen LogP contribution in [0.15, 0.2) is 36.4 Å². The number of amides is 1. The van der Waals surface area contributed by atoms with Crippen LogP contribution in [-0.2, 0) is 11.8 Å². The third kappa shape index (κ3) is 4.45. The Morgan fingerprint density at radius 3 is 2.52 bits per heavy atom. The van der Waals surface area contributed by atoms with E-state index in [9.17, 15) is 9.59 Å².